The molecule has 0 saturated heterocycles. The molecule has 1 amide bonds. The number of fused-ring (bicyclic) bond motifs is 3. The number of ketones is 1. The van der Waals surface area contributed by atoms with Crippen molar-refractivity contribution < 1.29 is 28.5 Å². The lowest BCUT2D eigenvalue weighted by atomic mass is 10.1. The maximum Gasteiger partial charge on any atom is 0.262 e. The van der Waals surface area contributed by atoms with Crippen molar-refractivity contribution in [3.05, 3.63) is 116 Å². The molecular weight excluding hydrogens is 618 g/mol. The minimum absolute atomic E-state index is 0.0621. The van der Waals surface area contributed by atoms with Crippen LogP contribution in [0, 0.1) is 0 Å². The number of hydrogen-bond donors (Lipinski definition) is 1. The highest BCUT2D eigenvalue weighted by Gasteiger charge is 2.20. The normalized spacial score (nSPS) is 12.8. The Morgan fingerprint density at radius 1 is 0.800 bits per heavy atom. The number of thioether (sulfide) groups is 1. The van der Waals surface area contributed by atoms with E-state index in [9.17, 15) is 14.4 Å². The van der Waals surface area contributed by atoms with Gasteiger partial charge in [0.15, 0.2) is 33.9 Å². The third kappa shape index (κ3) is 6.04. The van der Waals surface area contributed by atoms with Crippen LogP contribution >= 0.6 is 23.4 Å². The smallest absolute Gasteiger partial charge is 0.262 e. The fourth-order valence-electron chi connectivity index (χ4n) is 4.97. The van der Waals surface area contributed by atoms with Crippen LogP contribution < -0.4 is 29.8 Å². The number of nitrogens with zero attached hydrogens (tertiary/aromatic N) is 2. The summed E-state index contributed by atoms with van der Waals surface area (Å²) in [4.78, 5) is 44.3. The maximum absolute atomic E-state index is 13.8. The molecule has 226 valence electrons. The van der Waals surface area contributed by atoms with Crippen LogP contribution in [0.25, 0.3) is 10.9 Å². The lowest BCUT2D eigenvalue weighted by Gasteiger charge is -2.14. The van der Waals surface area contributed by atoms with Crippen molar-refractivity contribution in [3.63, 3.8) is 0 Å². The number of carbonyl (C=O) groups is 2. The zero-order valence-corrected chi connectivity index (χ0v) is 25.2. The van der Waals surface area contributed by atoms with Crippen molar-refractivity contribution >= 4 is 46.0 Å². The lowest BCUT2D eigenvalue weighted by Crippen LogP contribution is -2.25. The Bertz CT molecular complexity index is 2010. The highest BCUT2D eigenvalue weighted by atomic mass is 35.5. The van der Waals surface area contributed by atoms with Crippen LogP contribution in [0.5, 0.6) is 23.0 Å². The number of hydrogen-bond acceptors (Lipinski definition) is 9. The topological polar surface area (TPSA) is 118 Å². The van der Waals surface area contributed by atoms with Gasteiger partial charge in [-0.2, -0.15) is 0 Å². The molecule has 0 spiro atoms. The van der Waals surface area contributed by atoms with E-state index in [1.54, 1.807) is 60.7 Å². The SMILES string of the molecule is O=C(CSc1nc2cc3c(cc2c(=O)n1Cc1ccc(C(=O)NCc2ccc4c(c2)OCO4)cc1)OCO3)c1ccc(Cl)cc1. The molecule has 4 aromatic carbocycles. The lowest BCUT2D eigenvalue weighted by molar-refractivity contribution is 0.0950. The van der Waals surface area contributed by atoms with E-state index in [-0.39, 0.29) is 43.1 Å². The van der Waals surface area contributed by atoms with E-state index < -0.39 is 0 Å². The molecule has 0 unspecified atom stereocenters. The number of carbonyl (C=O) groups excluding carboxylic acids is 2. The van der Waals surface area contributed by atoms with Gasteiger partial charge in [0.05, 0.1) is 23.2 Å². The first-order valence-corrected chi connectivity index (χ1v) is 15.3. The monoisotopic (exact) mass is 641 g/mol. The van der Waals surface area contributed by atoms with Gasteiger partial charge in [0.1, 0.15) is 0 Å². The van der Waals surface area contributed by atoms with Gasteiger partial charge in [-0.05, 0) is 65.7 Å². The van der Waals surface area contributed by atoms with Crippen LogP contribution in [0.1, 0.15) is 31.8 Å². The molecule has 12 heteroatoms. The molecule has 0 fully saturated rings. The highest BCUT2D eigenvalue weighted by Crippen LogP contribution is 2.35. The van der Waals surface area contributed by atoms with Crippen molar-refractivity contribution in [2.45, 2.75) is 18.2 Å². The Morgan fingerprint density at radius 2 is 1.44 bits per heavy atom. The van der Waals surface area contributed by atoms with E-state index in [1.165, 1.54) is 16.3 Å². The van der Waals surface area contributed by atoms with Gasteiger partial charge in [0.25, 0.3) is 11.5 Å². The first-order chi connectivity index (χ1) is 21.9. The van der Waals surface area contributed by atoms with Crippen LogP contribution in [-0.4, -0.2) is 40.6 Å². The molecule has 1 N–H and O–H groups in total. The number of aromatic nitrogens is 2. The van der Waals surface area contributed by atoms with Crippen molar-refractivity contribution in [1.29, 1.82) is 0 Å². The molecule has 0 aliphatic carbocycles. The summed E-state index contributed by atoms with van der Waals surface area (Å²) >= 11 is 7.14. The largest absolute Gasteiger partial charge is 0.454 e. The van der Waals surface area contributed by atoms with E-state index in [0.717, 1.165) is 11.1 Å². The second-order valence-corrected chi connectivity index (χ2v) is 11.7. The summed E-state index contributed by atoms with van der Waals surface area (Å²) in [5.74, 6) is 2.02. The number of halogens is 1. The van der Waals surface area contributed by atoms with Gasteiger partial charge in [-0.1, -0.05) is 41.6 Å². The minimum atomic E-state index is -0.287. The predicted molar refractivity (Wildman–Crippen MR) is 168 cm³/mol. The maximum atomic E-state index is 13.8. The van der Waals surface area contributed by atoms with E-state index in [4.69, 9.17) is 35.5 Å². The van der Waals surface area contributed by atoms with Crippen molar-refractivity contribution in [2.75, 3.05) is 19.3 Å². The van der Waals surface area contributed by atoms with Gasteiger partial charge in [-0.3, -0.25) is 19.0 Å². The fourth-order valence-corrected chi connectivity index (χ4v) is 5.99. The summed E-state index contributed by atoms with van der Waals surface area (Å²) in [6.45, 7) is 0.746. The molecule has 1 aromatic heterocycles. The van der Waals surface area contributed by atoms with Crippen molar-refractivity contribution in [2.24, 2.45) is 0 Å². The van der Waals surface area contributed by atoms with Gasteiger partial charge in [-0.25, -0.2) is 4.98 Å². The number of rotatable bonds is 9. The van der Waals surface area contributed by atoms with Gasteiger partial charge < -0.3 is 24.3 Å². The van der Waals surface area contributed by atoms with Crippen LogP contribution in [-0.2, 0) is 13.1 Å². The van der Waals surface area contributed by atoms with Crippen molar-refractivity contribution in [3.8, 4) is 23.0 Å². The minimum Gasteiger partial charge on any atom is -0.454 e. The van der Waals surface area contributed by atoms with Crippen LogP contribution in [0.15, 0.2) is 88.8 Å². The number of amides is 1. The van der Waals surface area contributed by atoms with Crippen LogP contribution in [0.4, 0.5) is 0 Å². The third-order valence-electron chi connectivity index (χ3n) is 7.36. The van der Waals surface area contributed by atoms with Gasteiger partial charge in [-0.15, -0.1) is 0 Å². The Hall–Kier alpha value is -5.00. The summed E-state index contributed by atoms with van der Waals surface area (Å²) in [6, 6.07) is 22.5. The Labute approximate surface area is 265 Å². The van der Waals surface area contributed by atoms with Crippen LogP contribution in [0.2, 0.25) is 5.02 Å². The van der Waals surface area contributed by atoms with E-state index in [2.05, 4.69) is 5.32 Å². The first-order valence-electron chi connectivity index (χ1n) is 13.9. The average molecular weight is 642 g/mol. The van der Waals surface area contributed by atoms with Crippen LogP contribution in [0.3, 0.4) is 0 Å². The molecule has 45 heavy (non-hydrogen) atoms. The fraction of sp³-hybridized carbons (Fsp3) is 0.152. The summed E-state index contributed by atoms with van der Waals surface area (Å²) in [5, 5.41) is 4.19. The number of nitrogens with one attached hydrogen (secondary N) is 1. The van der Waals surface area contributed by atoms with E-state index >= 15 is 0 Å². The summed E-state index contributed by atoms with van der Waals surface area (Å²) in [5.41, 5.74) is 2.80. The molecule has 5 aromatic rings. The Balaban J connectivity index is 1.11. The number of ether oxygens (including phenoxy) is 4. The standard InChI is InChI=1S/C33H24ClN3O7S/c34-23-8-6-21(7-9-23)26(38)16-45-33-36-25-13-30-29(43-18-44-30)12-24(25)32(40)37(33)15-19-1-4-22(5-2-19)31(39)35-14-20-3-10-27-28(11-20)42-17-41-27/h1-13H,14-18H2,(H,35,39). The summed E-state index contributed by atoms with van der Waals surface area (Å²) in [6.07, 6.45) is 0. The Morgan fingerprint density at radius 3 is 2.20 bits per heavy atom. The molecule has 2 aliphatic heterocycles. The third-order valence-corrected chi connectivity index (χ3v) is 8.59. The molecule has 3 heterocycles. The molecule has 7 rings (SSSR count). The van der Waals surface area contributed by atoms with Gasteiger partial charge in [0, 0.05) is 28.8 Å². The van der Waals surface area contributed by atoms with E-state index in [0.29, 0.717) is 61.8 Å². The number of Topliss-reactive ketones (excluding diaryl/α,β-unsaturated/α-hetero) is 1. The molecular formula is C33H24ClN3O7S. The highest BCUT2D eigenvalue weighted by molar-refractivity contribution is 7.99. The van der Waals surface area contributed by atoms with Gasteiger partial charge >= 0.3 is 0 Å². The second kappa shape index (κ2) is 12.2. The van der Waals surface area contributed by atoms with E-state index in [1.807, 2.05) is 18.2 Å². The predicted octanol–water partition coefficient (Wildman–Crippen LogP) is 5.46. The molecule has 0 atom stereocenters. The summed E-state index contributed by atoms with van der Waals surface area (Å²) in [7, 11) is 0. The van der Waals surface area contributed by atoms with Crippen molar-refractivity contribution in [1.82, 2.24) is 14.9 Å². The zero-order chi connectivity index (χ0) is 30.9. The summed E-state index contributed by atoms with van der Waals surface area (Å²) < 4.78 is 23.2. The first kappa shape index (κ1) is 28.8. The second-order valence-electron chi connectivity index (χ2n) is 10.3. The molecule has 2 aliphatic rings. The number of benzene rings is 4. The molecule has 0 radical (unpaired) electrons. The van der Waals surface area contributed by atoms with Gasteiger partial charge in [0.2, 0.25) is 13.6 Å². The molecule has 0 saturated carbocycles. The quantitative estimate of drug-likeness (QED) is 0.127. The Kier molecular flexibility index (Phi) is 7.78. The zero-order valence-electron chi connectivity index (χ0n) is 23.6. The molecule has 0 bridgehead atoms. The average Bonchev–Trinajstić information content (AvgIpc) is 3.73. The molecule has 10 nitrogen and oxygen atoms in total.